The molecule has 1 fully saturated rings. The number of thioether (sulfide) groups is 1. The van der Waals surface area contributed by atoms with Gasteiger partial charge < -0.3 is 5.11 Å². The minimum atomic E-state index is -0.353. The molecule has 1 aromatic rings. The smallest absolute Gasteiger partial charge is 0.0762 e. The molecule has 1 atom stereocenters. The van der Waals surface area contributed by atoms with E-state index in [2.05, 4.69) is 12.1 Å². The second-order valence-corrected chi connectivity index (χ2v) is 5.65. The van der Waals surface area contributed by atoms with Gasteiger partial charge in [0.15, 0.2) is 0 Å². The largest absolute Gasteiger partial charge is 0.389 e. The lowest BCUT2D eigenvalue weighted by Crippen LogP contribution is -1.95. The second-order valence-electron chi connectivity index (χ2n) is 4.27. The van der Waals surface area contributed by atoms with Crippen LogP contribution in [0.2, 0.25) is 0 Å². The lowest BCUT2D eigenvalue weighted by Gasteiger charge is -2.11. The van der Waals surface area contributed by atoms with Gasteiger partial charge >= 0.3 is 0 Å². The summed E-state index contributed by atoms with van der Waals surface area (Å²) >= 11 is 1.97. The molecule has 1 nitrogen and oxygen atoms in total. The molecule has 82 valence electrons. The van der Waals surface area contributed by atoms with Gasteiger partial charge in [0.05, 0.1) is 6.10 Å². The van der Waals surface area contributed by atoms with Gasteiger partial charge in [0.1, 0.15) is 0 Å². The lowest BCUT2D eigenvalue weighted by molar-refractivity contribution is 0.199. The van der Waals surface area contributed by atoms with Crippen LogP contribution in [0.3, 0.4) is 0 Å². The molecule has 2 heteroatoms. The molecule has 0 bridgehead atoms. The Kier molecular flexibility index (Phi) is 3.71. The van der Waals surface area contributed by atoms with Crippen molar-refractivity contribution in [2.45, 2.75) is 48.9 Å². The third-order valence-electron chi connectivity index (χ3n) is 2.95. The van der Waals surface area contributed by atoms with Crippen molar-refractivity contribution < 1.29 is 5.11 Å². The summed E-state index contributed by atoms with van der Waals surface area (Å²) < 4.78 is 0. The zero-order valence-electron chi connectivity index (χ0n) is 9.15. The molecule has 1 aliphatic rings. The third-order valence-corrected chi connectivity index (χ3v) is 4.28. The second kappa shape index (κ2) is 5.04. The maximum absolute atomic E-state index is 9.50. The zero-order chi connectivity index (χ0) is 10.7. The van der Waals surface area contributed by atoms with Crippen LogP contribution in [0.4, 0.5) is 0 Å². The highest BCUT2D eigenvalue weighted by Gasteiger charge is 2.16. The summed E-state index contributed by atoms with van der Waals surface area (Å²) in [6, 6.07) is 8.30. The summed E-state index contributed by atoms with van der Waals surface area (Å²) in [5, 5.41) is 10.3. The highest BCUT2D eigenvalue weighted by molar-refractivity contribution is 8.00. The average Bonchev–Trinajstić information content (AvgIpc) is 2.71. The van der Waals surface area contributed by atoms with Crippen LogP contribution >= 0.6 is 11.8 Å². The summed E-state index contributed by atoms with van der Waals surface area (Å²) in [6.45, 7) is 1.82. The molecule has 1 aromatic carbocycles. The van der Waals surface area contributed by atoms with Crippen LogP contribution in [-0.4, -0.2) is 10.4 Å². The van der Waals surface area contributed by atoms with Crippen molar-refractivity contribution in [1.82, 2.24) is 0 Å². The van der Waals surface area contributed by atoms with Crippen LogP contribution < -0.4 is 0 Å². The van der Waals surface area contributed by atoms with E-state index in [0.29, 0.717) is 0 Å². The van der Waals surface area contributed by atoms with Gasteiger partial charge in [-0.2, -0.15) is 0 Å². The molecular formula is C13H18OS. The van der Waals surface area contributed by atoms with Crippen LogP contribution in [0, 0.1) is 0 Å². The molecule has 0 radical (unpaired) electrons. The Morgan fingerprint density at radius 1 is 1.33 bits per heavy atom. The van der Waals surface area contributed by atoms with E-state index in [-0.39, 0.29) is 6.10 Å². The fourth-order valence-corrected chi connectivity index (χ4v) is 3.36. The Labute approximate surface area is 95.9 Å². The molecule has 15 heavy (non-hydrogen) atoms. The van der Waals surface area contributed by atoms with E-state index in [0.717, 1.165) is 10.8 Å². The van der Waals surface area contributed by atoms with E-state index in [1.165, 1.54) is 30.6 Å². The van der Waals surface area contributed by atoms with Crippen LogP contribution in [0.25, 0.3) is 0 Å². The Balaban J connectivity index is 2.04. The summed E-state index contributed by atoms with van der Waals surface area (Å²) in [6.07, 6.45) is 5.11. The van der Waals surface area contributed by atoms with Gasteiger partial charge in [-0.25, -0.2) is 0 Å². The fraction of sp³-hybridized carbons (Fsp3) is 0.538. The molecule has 1 unspecified atom stereocenters. The first-order chi connectivity index (χ1) is 7.25. The predicted octanol–water partition coefficient (Wildman–Crippen LogP) is 3.77. The van der Waals surface area contributed by atoms with Crippen molar-refractivity contribution in [3.05, 3.63) is 29.8 Å². The topological polar surface area (TPSA) is 20.2 Å². The normalized spacial score (nSPS) is 19.3. The van der Waals surface area contributed by atoms with Gasteiger partial charge in [-0.15, -0.1) is 11.8 Å². The number of aliphatic hydroxyl groups is 1. The molecule has 1 saturated carbocycles. The fourth-order valence-electron chi connectivity index (χ4n) is 2.05. The van der Waals surface area contributed by atoms with Crippen LogP contribution in [0.5, 0.6) is 0 Å². The molecule has 0 aliphatic heterocycles. The van der Waals surface area contributed by atoms with Gasteiger partial charge in [0.2, 0.25) is 0 Å². The molecule has 0 aromatic heterocycles. The van der Waals surface area contributed by atoms with E-state index < -0.39 is 0 Å². The zero-order valence-corrected chi connectivity index (χ0v) is 9.96. The Morgan fingerprint density at radius 3 is 2.73 bits per heavy atom. The Bertz CT molecular complexity index is 316. The maximum atomic E-state index is 9.50. The summed E-state index contributed by atoms with van der Waals surface area (Å²) in [4.78, 5) is 1.31. The van der Waals surface area contributed by atoms with Crippen molar-refractivity contribution in [3.63, 3.8) is 0 Å². The molecule has 2 rings (SSSR count). The van der Waals surface area contributed by atoms with Crippen molar-refractivity contribution in [2.75, 3.05) is 0 Å². The third kappa shape index (κ3) is 2.99. The number of aliphatic hydroxyl groups excluding tert-OH is 1. The first-order valence-corrected chi connectivity index (χ1v) is 6.58. The van der Waals surface area contributed by atoms with Gasteiger partial charge in [-0.05, 0) is 37.5 Å². The van der Waals surface area contributed by atoms with Crippen molar-refractivity contribution in [1.29, 1.82) is 0 Å². The van der Waals surface area contributed by atoms with Crippen LogP contribution in [0.15, 0.2) is 29.2 Å². The first kappa shape index (κ1) is 11.0. The summed E-state index contributed by atoms with van der Waals surface area (Å²) in [7, 11) is 0. The van der Waals surface area contributed by atoms with Gasteiger partial charge in [-0.1, -0.05) is 25.0 Å². The average molecular weight is 222 g/mol. The Morgan fingerprint density at radius 2 is 2.07 bits per heavy atom. The number of hydrogen-bond acceptors (Lipinski definition) is 2. The van der Waals surface area contributed by atoms with E-state index >= 15 is 0 Å². The number of rotatable bonds is 3. The molecule has 1 aliphatic carbocycles. The van der Waals surface area contributed by atoms with E-state index in [9.17, 15) is 5.11 Å². The predicted molar refractivity (Wildman–Crippen MR) is 65.2 cm³/mol. The molecule has 1 N–H and O–H groups in total. The van der Waals surface area contributed by atoms with E-state index in [4.69, 9.17) is 0 Å². The molecule has 0 spiro atoms. The maximum Gasteiger partial charge on any atom is 0.0762 e. The highest BCUT2D eigenvalue weighted by atomic mass is 32.2. The molecule has 0 saturated heterocycles. The molecular weight excluding hydrogens is 204 g/mol. The van der Waals surface area contributed by atoms with Crippen LogP contribution in [-0.2, 0) is 0 Å². The van der Waals surface area contributed by atoms with Crippen molar-refractivity contribution in [3.8, 4) is 0 Å². The van der Waals surface area contributed by atoms with E-state index in [1.807, 2.05) is 30.8 Å². The first-order valence-electron chi connectivity index (χ1n) is 5.70. The quantitative estimate of drug-likeness (QED) is 0.840. The highest BCUT2D eigenvalue weighted by Crippen LogP contribution is 2.35. The number of hydrogen-bond donors (Lipinski definition) is 1. The SMILES string of the molecule is CC(O)c1cccc(SC2CCCC2)c1. The van der Waals surface area contributed by atoms with Gasteiger partial charge in [0.25, 0.3) is 0 Å². The van der Waals surface area contributed by atoms with Gasteiger partial charge in [-0.3, -0.25) is 0 Å². The van der Waals surface area contributed by atoms with Crippen LogP contribution in [0.1, 0.15) is 44.3 Å². The monoisotopic (exact) mass is 222 g/mol. The Hall–Kier alpha value is -0.470. The standard InChI is InChI=1S/C13H18OS/c1-10(14)11-5-4-8-13(9-11)15-12-6-2-3-7-12/h4-5,8-10,12,14H,2-3,6-7H2,1H3. The minimum Gasteiger partial charge on any atom is -0.389 e. The van der Waals surface area contributed by atoms with Gasteiger partial charge in [0, 0.05) is 10.1 Å². The molecule has 0 amide bonds. The summed E-state index contributed by atoms with van der Waals surface area (Å²) in [5.41, 5.74) is 1.03. The molecule has 0 heterocycles. The lowest BCUT2D eigenvalue weighted by atomic mass is 10.1. The number of benzene rings is 1. The minimum absolute atomic E-state index is 0.353. The van der Waals surface area contributed by atoms with Crippen molar-refractivity contribution in [2.24, 2.45) is 0 Å². The van der Waals surface area contributed by atoms with Crippen molar-refractivity contribution >= 4 is 11.8 Å². The van der Waals surface area contributed by atoms with E-state index in [1.54, 1.807) is 0 Å². The summed E-state index contributed by atoms with van der Waals surface area (Å²) in [5.74, 6) is 0.